The Hall–Kier alpha value is -2.29. The quantitative estimate of drug-likeness (QED) is 0.203. The first-order valence-corrected chi connectivity index (χ1v) is 15.1. The minimum absolute atomic E-state index is 0.290. The highest BCUT2D eigenvalue weighted by Gasteiger charge is 2.25. The lowest BCUT2D eigenvalue weighted by Gasteiger charge is -2.34. The van der Waals surface area contributed by atoms with E-state index in [0.29, 0.717) is 36.9 Å². The van der Waals surface area contributed by atoms with Crippen LogP contribution in [0.3, 0.4) is 0 Å². The van der Waals surface area contributed by atoms with Gasteiger partial charge in [-0.2, -0.15) is 0 Å². The zero-order valence-corrected chi connectivity index (χ0v) is 25.5. The van der Waals surface area contributed by atoms with Crippen LogP contribution in [-0.4, -0.2) is 79.4 Å². The van der Waals surface area contributed by atoms with Crippen LogP contribution in [0.1, 0.15) is 46.9 Å². The van der Waals surface area contributed by atoms with Gasteiger partial charge in [0.25, 0.3) is 0 Å². The number of halogens is 2. The summed E-state index contributed by atoms with van der Waals surface area (Å²) < 4.78 is 13.7. The molecule has 0 saturated carbocycles. The van der Waals surface area contributed by atoms with Gasteiger partial charge in [-0.3, -0.25) is 4.90 Å². The number of aryl methyl sites for hydroxylation is 3. The molecule has 0 spiro atoms. The van der Waals surface area contributed by atoms with E-state index in [4.69, 9.17) is 38.4 Å². The van der Waals surface area contributed by atoms with Crippen LogP contribution in [-0.2, 0) is 17.7 Å². The molecule has 218 valence electrons. The molecule has 0 amide bonds. The lowest BCUT2D eigenvalue weighted by Crippen LogP contribution is -2.47. The highest BCUT2D eigenvalue weighted by molar-refractivity contribution is 6.32. The van der Waals surface area contributed by atoms with Gasteiger partial charge in [-0.1, -0.05) is 29.3 Å². The number of rotatable bonds is 13. The van der Waals surface area contributed by atoms with E-state index in [-0.39, 0.29) is 5.97 Å². The number of nitrogens with zero attached hydrogens (tertiary/aromatic N) is 3. The summed E-state index contributed by atoms with van der Waals surface area (Å²) in [5.74, 6) is 0.517. The first-order valence-electron chi connectivity index (χ1n) is 14.3. The van der Waals surface area contributed by atoms with Crippen molar-refractivity contribution in [3.8, 4) is 5.75 Å². The SMILES string of the molecule is CCOC(=O)c1c(CCCOc2cc(C)c(Cl)c(C)c2)c2ccc(Cl)cc2n1CCN1CCN(CCCN)CC1. The third kappa shape index (κ3) is 7.51. The molecule has 1 saturated heterocycles. The molecule has 2 N–H and O–H groups in total. The molecular formula is C31H42Cl2N4O3. The van der Waals surface area contributed by atoms with Crippen molar-refractivity contribution >= 4 is 40.1 Å². The number of aromatic nitrogens is 1. The summed E-state index contributed by atoms with van der Waals surface area (Å²) >= 11 is 12.8. The second-order valence-corrected chi connectivity index (χ2v) is 11.3. The maximum atomic E-state index is 13.3. The number of piperazine rings is 1. The summed E-state index contributed by atoms with van der Waals surface area (Å²) in [5, 5.41) is 2.46. The first kappa shape index (κ1) is 30.7. The van der Waals surface area contributed by atoms with Crippen molar-refractivity contribution in [2.75, 3.05) is 59.0 Å². The Bertz CT molecular complexity index is 1280. The fourth-order valence-corrected chi connectivity index (χ4v) is 5.81. The minimum atomic E-state index is -0.290. The van der Waals surface area contributed by atoms with Crippen LogP contribution in [0.25, 0.3) is 10.9 Å². The van der Waals surface area contributed by atoms with E-state index < -0.39 is 0 Å². The average Bonchev–Trinajstić information content (AvgIpc) is 3.24. The van der Waals surface area contributed by atoms with Gasteiger partial charge in [0.1, 0.15) is 11.4 Å². The van der Waals surface area contributed by atoms with E-state index in [1.165, 1.54) is 0 Å². The summed E-state index contributed by atoms with van der Waals surface area (Å²) in [6.07, 6.45) is 2.47. The van der Waals surface area contributed by atoms with Crippen molar-refractivity contribution in [1.82, 2.24) is 14.4 Å². The Labute approximate surface area is 248 Å². The van der Waals surface area contributed by atoms with Crippen molar-refractivity contribution in [2.24, 2.45) is 5.73 Å². The summed E-state index contributed by atoms with van der Waals surface area (Å²) in [5.41, 5.74) is 10.3. The molecule has 0 radical (unpaired) electrons. The van der Waals surface area contributed by atoms with E-state index in [0.717, 1.165) is 97.0 Å². The number of hydrogen-bond donors (Lipinski definition) is 1. The van der Waals surface area contributed by atoms with Crippen LogP contribution in [0.15, 0.2) is 30.3 Å². The van der Waals surface area contributed by atoms with E-state index in [1.54, 1.807) is 0 Å². The summed E-state index contributed by atoms with van der Waals surface area (Å²) in [4.78, 5) is 18.3. The van der Waals surface area contributed by atoms with E-state index in [9.17, 15) is 4.79 Å². The Morgan fingerprint density at radius 1 is 0.950 bits per heavy atom. The zero-order chi connectivity index (χ0) is 28.6. The molecule has 2 aromatic carbocycles. The number of carbonyl (C=O) groups is 1. The molecule has 1 aromatic heterocycles. The second-order valence-electron chi connectivity index (χ2n) is 10.5. The van der Waals surface area contributed by atoms with Crippen LogP contribution in [0.4, 0.5) is 0 Å². The van der Waals surface area contributed by atoms with Crippen LogP contribution in [0.5, 0.6) is 5.75 Å². The van der Waals surface area contributed by atoms with Crippen molar-refractivity contribution < 1.29 is 14.3 Å². The van der Waals surface area contributed by atoms with Gasteiger partial charge in [-0.05, 0) is 94.1 Å². The van der Waals surface area contributed by atoms with Gasteiger partial charge in [0.15, 0.2) is 0 Å². The van der Waals surface area contributed by atoms with Crippen LogP contribution >= 0.6 is 23.2 Å². The van der Waals surface area contributed by atoms with Gasteiger partial charge < -0.3 is 24.7 Å². The Balaban J connectivity index is 1.52. The number of esters is 1. The third-order valence-corrected chi connectivity index (χ3v) is 8.46. The number of hydrogen-bond acceptors (Lipinski definition) is 6. The highest BCUT2D eigenvalue weighted by Crippen LogP contribution is 2.31. The normalized spacial score (nSPS) is 14.7. The standard InChI is InChI=1S/C31H42Cl2N4O3/c1-4-39-31(38)30-27(7-5-18-40-25-19-22(2)29(33)23(3)20-25)26-9-8-24(32)21-28(26)37(30)17-16-36-14-12-35(13-15-36)11-6-10-34/h8-9,19-21H,4-7,10-18,34H2,1-3H3. The topological polar surface area (TPSA) is 73.0 Å². The third-order valence-electron chi connectivity index (χ3n) is 7.63. The number of benzene rings is 2. The molecule has 1 aliphatic heterocycles. The van der Waals surface area contributed by atoms with Crippen LogP contribution in [0.2, 0.25) is 10.0 Å². The van der Waals surface area contributed by atoms with Gasteiger partial charge in [0.2, 0.25) is 0 Å². The molecule has 3 aromatic rings. The van der Waals surface area contributed by atoms with Crippen molar-refractivity contribution in [1.29, 1.82) is 0 Å². The largest absolute Gasteiger partial charge is 0.494 e. The summed E-state index contributed by atoms with van der Waals surface area (Å²) in [6, 6.07) is 9.80. The molecule has 7 nitrogen and oxygen atoms in total. The van der Waals surface area contributed by atoms with Crippen molar-refractivity contribution in [3.05, 3.63) is 62.8 Å². The zero-order valence-electron chi connectivity index (χ0n) is 24.0. The molecule has 0 atom stereocenters. The summed E-state index contributed by atoms with van der Waals surface area (Å²) in [6.45, 7) is 14.1. The lowest BCUT2D eigenvalue weighted by atomic mass is 10.1. The fourth-order valence-electron chi connectivity index (χ4n) is 5.53. The van der Waals surface area contributed by atoms with Crippen LogP contribution in [0, 0.1) is 13.8 Å². The lowest BCUT2D eigenvalue weighted by molar-refractivity contribution is 0.0511. The number of fused-ring (bicyclic) bond motifs is 1. The van der Waals surface area contributed by atoms with E-state index in [2.05, 4.69) is 14.4 Å². The predicted octanol–water partition coefficient (Wildman–Crippen LogP) is 5.72. The van der Waals surface area contributed by atoms with Gasteiger partial charge in [0.05, 0.1) is 18.7 Å². The molecule has 40 heavy (non-hydrogen) atoms. The van der Waals surface area contributed by atoms with Gasteiger partial charge in [0, 0.05) is 54.7 Å². The second kappa shape index (κ2) is 14.6. The Morgan fingerprint density at radius 2 is 1.62 bits per heavy atom. The Kier molecular flexibility index (Phi) is 11.2. The van der Waals surface area contributed by atoms with Crippen LogP contribution < -0.4 is 10.5 Å². The maximum absolute atomic E-state index is 13.3. The van der Waals surface area contributed by atoms with E-state index >= 15 is 0 Å². The molecule has 0 aliphatic carbocycles. The minimum Gasteiger partial charge on any atom is -0.494 e. The highest BCUT2D eigenvalue weighted by atomic mass is 35.5. The average molecular weight is 590 g/mol. The fraction of sp³-hybridized carbons (Fsp3) is 0.516. The van der Waals surface area contributed by atoms with Gasteiger partial charge >= 0.3 is 5.97 Å². The maximum Gasteiger partial charge on any atom is 0.355 e. The van der Waals surface area contributed by atoms with Crippen molar-refractivity contribution in [3.63, 3.8) is 0 Å². The molecule has 0 unspecified atom stereocenters. The van der Waals surface area contributed by atoms with Gasteiger partial charge in [-0.25, -0.2) is 4.79 Å². The van der Waals surface area contributed by atoms with E-state index in [1.807, 2.05) is 51.1 Å². The molecular weight excluding hydrogens is 547 g/mol. The first-order chi connectivity index (χ1) is 19.3. The van der Waals surface area contributed by atoms with Gasteiger partial charge in [-0.15, -0.1) is 0 Å². The van der Waals surface area contributed by atoms with Crippen molar-refractivity contribution in [2.45, 2.75) is 46.6 Å². The molecule has 1 fully saturated rings. The number of ether oxygens (including phenoxy) is 2. The molecule has 2 heterocycles. The molecule has 4 rings (SSSR count). The smallest absolute Gasteiger partial charge is 0.355 e. The number of carbonyl (C=O) groups excluding carboxylic acids is 1. The predicted molar refractivity (Wildman–Crippen MR) is 164 cm³/mol. The molecule has 9 heteroatoms. The molecule has 1 aliphatic rings. The number of nitrogens with two attached hydrogens (primary N) is 1. The Morgan fingerprint density at radius 3 is 2.27 bits per heavy atom. The molecule has 0 bridgehead atoms. The summed E-state index contributed by atoms with van der Waals surface area (Å²) in [7, 11) is 0. The monoisotopic (exact) mass is 588 g/mol.